The largest absolute Gasteiger partial charge is 0.444 e. The molecule has 0 unspecified atom stereocenters. The van der Waals surface area contributed by atoms with Gasteiger partial charge in [0.05, 0.1) is 11.2 Å². The molecule has 1 amide bonds. The van der Waals surface area contributed by atoms with Gasteiger partial charge in [0.15, 0.2) is 6.04 Å². The van der Waals surface area contributed by atoms with E-state index in [1.165, 1.54) is 18.3 Å². The summed E-state index contributed by atoms with van der Waals surface area (Å²) < 4.78 is 9.36. The van der Waals surface area contributed by atoms with E-state index in [0.717, 1.165) is 0 Å². The minimum Gasteiger partial charge on any atom is -0.444 e. The molecule has 8 nitrogen and oxygen atoms in total. The summed E-state index contributed by atoms with van der Waals surface area (Å²) >= 11 is 1.38. The molecule has 20 heavy (non-hydrogen) atoms. The van der Waals surface area contributed by atoms with E-state index in [-0.39, 0.29) is 6.42 Å². The first-order valence-electron chi connectivity index (χ1n) is 5.82. The summed E-state index contributed by atoms with van der Waals surface area (Å²) in [6.45, 7) is 1.52. The maximum absolute atomic E-state index is 11.7. The van der Waals surface area contributed by atoms with Crippen molar-refractivity contribution < 1.29 is 23.9 Å². The van der Waals surface area contributed by atoms with Crippen LogP contribution in [0, 0.1) is 0 Å². The minimum absolute atomic E-state index is 0.179. The number of rotatable bonds is 4. The Kier molecular flexibility index (Phi) is 4.30. The van der Waals surface area contributed by atoms with Gasteiger partial charge in [-0.2, -0.15) is 0 Å². The Morgan fingerprint density at radius 3 is 2.95 bits per heavy atom. The number of ether oxygens (including phenoxy) is 2. The van der Waals surface area contributed by atoms with Crippen molar-refractivity contribution in [2.45, 2.75) is 31.5 Å². The van der Waals surface area contributed by atoms with Crippen molar-refractivity contribution in [1.29, 1.82) is 0 Å². The Bertz CT molecular complexity index is 518. The summed E-state index contributed by atoms with van der Waals surface area (Å²) in [6.07, 6.45) is -1.24. The van der Waals surface area contributed by atoms with Gasteiger partial charge < -0.3 is 20.5 Å². The fourth-order valence-electron chi connectivity index (χ4n) is 1.65. The monoisotopic (exact) mass is 299 g/mol. The van der Waals surface area contributed by atoms with Crippen LogP contribution in [-0.2, 0) is 25.5 Å². The molecule has 9 heteroatoms. The van der Waals surface area contributed by atoms with Crippen LogP contribution in [0.4, 0.5) is 4.79 Å². The van der Waals surface area contributed by atoms with Crippen LogP contribution in [0.1, 0.15) is 12.6 Å². The number of nitrogens with one attached hydrogen (secondary N) is 1. The molecule has 0 radical (unpaired) electrons. The van der Waals surface area contributed by atoms with Crippen molar-refractivity contribution in [3.8, 4) is 0 Å². The van der Waals surface area contributed by atoms with Crippen molar-refractivity contribution in [3.63, 3.8) is 0 Å². The van der Waals surface area contributed by atoms with E-state index >= 15 is 0 Å². The Morgan fingerprint density at radius 2 is 2.40 bits per heavy atom. The zero-order valence-corrected chi connectivity index (χ0v) is 11.4. The van der Waals surface area contributed by atoms with Gasteiger partial charge in [0.1, 0.15) is 12.1 Å². The van der Waals surface area contributed by atoms with E-state index in [0.29, 0.717) is 5.69 Å². The second-order valence-electron chi connectivity index (χ2n) is 4.26. The predicted molar refractivity (Wildman–Crippen MR) is 67.8 cm³/mol. The average molecular weight is 299 g/mol. The molecule has 3 atom stereocenters. The zero-order chi connectivity index (χ0) is 14.7. The number of hydrogen-bond acceptors (Lipinski definition) is 8. The van der Waals surface area contributed by atoms with Crippen LogP contribution >= 0.6 is 11.3 Å². The van der Waals surface area contributed by atoms with Gasteiger partial charge in [-0.05, 0) is 6.92 Å². The van der Waals surface area contributed by atoms with Crippen LogP contribution in [-0.4, -0.2) is 41.2 Å². The standard InChI is InChI=1S/C11H13N3O5S/c1-5-8(14-11(17)18-5)10(16)19-9(15)7(12)2-6-3-20-4-13-6/h3-5,7-8H,2,12H2,1H3,(H,14,17)/t5-,7+,8-/m0/s1. The number of thiazole rings is 1. The number of nitrogens with two attached hydrogens (primary N) is 1. The number of aromatic nitrogens is 1. The fraction of sp³-hybridized carbons (Fsp3) is 0.455. The summed E-state index contributed by atoms with van der Waals surface area (Å²) in [6, 6.07) is -1.99. The molecule has 0 saturated carbocycles. The van der Waals surface area contributed by atoms with Crippen molar-refractivity contribution in [2.75, 3.05) is 0 Å². The predicted octanol–water partition coefficient (Wildman–Crippen LogP) is -0.420. The van der Waals surface area contributed by atoms with Crippen LogP contribution < -0.4 is 11.1 Å². The van der Waals surface area contributed by atoms with Gasteiger partial charge in [-0.1, -0.05) is 0 Å². The lowest BCUT2D eigenvalue weighted by Crippen LogP contribution is -2.44. The van der Waals surface area contributed by atoms with E-state index in [1.54, 1.807) is 10.9 Å². The second-order valence-corrected chi connectivity index (χ2v) is 4.98. The first-order chi connectivity index (χ1) is 9.47. The van der Waals surface area contributed by atoms with Crippen LogP contribution in [0.5, 0.6) is 0 Å². The van der Waals surface area contributed by atoms with Crippen molar-refractivity contribution >= 4 is 29.4 Å². The molecule has 2 rings (SSSR count). The first kappa shape index (κ1) is 14.4. The second kappa shape index (κ2) is 5.97. The summed E-state index contributed by atoms with van der Waals surface area (Å²) in [5, 5.41) is 4.01. The zero-order valence-electron chi connectivity index (χ0n) is 10.6. The van der Waals surface area contributed by atoms with Crippen LogP contribution in [0.2, 0.25) is 0 Å². The van der Waals surface area contributed by atoms with E-state index in [1.807, 2.05) is 0 Å². The molecular formula is C11H13N3O5S. The molecule has 1 aliphatic heterocycles. The number of alkyl carbamates (subject to hydrolysis) is 1. The number of nitrogens with zero attached hydrogens (tertiary/aromatic N) is 1. The van der Waals surface area contributed by atoms with Crippen molar-refractivity contribution in [1.82, 2.24) is 10.3 Å². The maximum Gasteiger partial charge on any atom is 0.408 e. The highest BCUT2D eigenvalue weighted by molar-refractivity contribution is 7.07. The van der Waals surface area contributed by atoms with Crippen molar-refractivity contribution in [2.24, 2.45) is 5.73 Å². The molecule has 1 aromatic heterocycles. The van der Waals surface area contributed by atoms with E-state index in [4.69, 9.17) is 10.5 Å². The van der Waals surface area contributed by atoms with Crippen LogP contribution in [0.25, 0.3) is 0 Å². The molecule has 0 bridgehead atoms. The molecule has 1 fully saturated rings. The highest BCUT2D eigenvalue weighted by atomic mass is 32.1. The van der Waals surface area contributed by atoms with Gasteiger partial charge in [-0.25, -0.2) is 19.4 Å². The Balaban J connectivity index is 1.87. The summed E-state index contributed by atoms with van der Waals surface area (Å²) in [5.41, 5.74) is 7.90. The van der Waals surface area contributed by atoms with E-state index in [9.17, 15) is 14.4 Å². The quantitative estimate of drug-likeness (QED) is 0.572. The SMILES string of the molecule is C[C@@H]1OC(=O)N[C@@H]1C(=O)OC(=O)[C@H](N)Cc1cscn1. The van der Waals surface area contributed by atoms with Gasteiger partial charge in [0, 0.05) is 11.8 Å². The molecule has 1 saturated heterocycles. The lowest BCUT2D eigenvalue weighted by molar-refractivity contribution is -0.162. The van der Waals surface area contributed by atoms with Gasteiger partial charge >= 0.3 is 18.0 Å². The molecule has 2 heterocycles. The maximum atomic E-state index is 11.7. The third-order valence-electron chi connectivity index (χ3n) is 2.71. The normalized spacial score (nSPS) is 22.8. The van der Waals surface area contributed by atoms with Crippen LogP contribution in [0.15, 0.2) is 10.9 Å². The Morgan fingerprint density at radius 1 is 1.65 bits per heavy atom. The smallest absolute Gasteiger partial charge is 0.408 e. The minimum atomic E-state index is -1.00. The molecule has 0 spiro atoms. The lowest BCUT2D eigenvalue weighted by Gasteiger charge is -2.13. The summed E-state index contributed by atoms with van der Waals surface area (Å²) in [4.78, 5) is 38.3. The summed E-state index contributed by atoms with van der Waals surface area (Å²) in [7, 11) is 0. The van der Waals surface area contributed by atoms with E-state index < -0.39 is 36.2 Å². The van der Waals surface area contributed by atoms with Gasteiger partial charge in [0.2, 0.25) is 0 Å². The molecule has 3 N–H and O–H groups in total. The lowest BCUT2D eigenvalue weighted by atomic mass is 10.2. The Hall–Kier alpha value is -2.00. The fourth-order valence-corrected chi connectivity index (χ4v) is 2.22. The number of hydrogen-bond donors (Lipinski definition) is 2. The van der Waals surface area contributed by atoms with Crippen LogP contribution in [0.3, 0.4) is 0 Å². The third-order valence-corrected chi connectivity index (χ3v) is 3.34. The Labute approximate surface area is 118 Å². The number of cyclic esters (lactones) is 1. The molecule has 0 aliphatic carbocycles. The molecule has 1 aromatic rings. The highest BCUT2D eigenvalue weighted by Gasteiger charge is 2.38. The molecular weight excluding hydrogens is 286 g/mol. The average Bonchev–Trinajstić information content (AvgIpc) is 2.98. The van der Waals surface area contributed by atoms with E-state index in [2.05, 4.69) is 15.0 Å². The van der Waals surface area contributed by atoms with Gasteiger partial charge in [0.25, 0.3) is 0 Å². The number of esters is 2. The number of amides is 1. The molecule has 1 aliphatic rings. The number of carbonyl (C=O) groups excluding carboxylic acids is 3. The summed E-state index contributed by atoms with van der Waals surface area (Å²) in [5.74, 6) is -1.75. The first-order valence-corrected chi connectivity index (χ1v) is 6.77. The molecule has 0 aromatic carbocycles. The van der Waals surface area contributed by atoms with Gasteiger partial charge in [-0.3, -0.25) is 0 Å². The topological polar surface area (TPSA) is 121 Å². The number of carbonyl (C=O) groups is 3. The molecule has 108 valence electrons. The third kappa shape index (κ3) is 3.31. The van der Waals surface area contributed by atoms with Gasteiger partial charge in [-0.15, -0.1) is 11.3 Å². The van der Waals surface area contributed by atoms with Crippen molar-refractivity contribution in [3.05, 3.63) is 16.6 Å². The highest BCUT2D eigenvalue weighted by Crippen LogP contribution is 2.10.